The maximum Gasteiger partial charge on any atom is 0.265 e. The topological polar surface area (TPSA) is 60.6 Å². The van der Waals surface area contributed by atoms with E-state index in [-0.39, 0.29) is 28.5 Å². The Morgan fingerprint density at radius 3 is 2.56 bits per heavy atom. The molecule has 5 nitrogen and oxygen atoms in total. The average molecular weight is 650 g/mol. The second-order valence-corrected chi connectivity index (χ2v) is 16.2. The molecule has 1 aromatic rings. The summed E-state index contributed by atoms with van der Waals surface area (Å²) in [6.45, 7) is 17.3. The lowest BCUT2D eigenvalue weighted by Crippen LogP contribution is -2.31. The van der Waals surface area contributed by atoms with Gasteiger partial charge in [0.2, 0.25) is 0 Å². The van der Waals surface area contributed by atoms with Gasteiger partial charge in [-0.2, -0.15) is 8.42 Å². The van der Waals surface area contributed by atoms with Gasteiger partial charge in [0.25, 0.3) is 10.1 Å². The van der Waals surface area contributed by atoms with Crippen LogP contribution in [0.4, 0.5) is 5.69 Å². The van der Waals surface area contributed by atoms with Crippen molar-refractivity contribution in [2.45, 2.75) is 92.0 Å². The smallest absolute Gasteiger partial charge is 0.265 e. The molecule has 7 heteroatoms. The van der Waals surface area contributed by atoms with Gasteiger partial charge in [0.05, 0.1) is 17.1 Å². The number of benzene rings is 1. The third kappa shape index (κ3) is 6.75. The number of hydrogen-bond donors (Lipinski definition) is 1. The van der Waals surface area contributed by atoms with E-state index in [1.165, 1.54) is 33.8 Å². The van der Waals surface area contributed by atoms with Crippen LogP contribution < -0.4 is 4.90 Å². The van der Waals surface area contributed by atoms with Crippen molar-refractivity contribution in [2.24, 2.45) is 11.3 Å². The number of rotatable bonds is 10. The molecule has 1 N–H and O–H groups in total. The van der Waals surface area contributed by atoms with Crippen molar-refractivity contribution < 1.29 is 17.5 Å². The number of anilines is 1. The molecule has 0 spiro atoms. The van der Waals surface area contributed by atoms with E-state index < -0.39 is 10.1 Å². The summed E-state index contributed by atoms with van der Waals surface area (Å²) in [5.74, 6) is 0.0378. The Balaban J connectivity index is 1.45. The molecule has 2 heterocycles. The highest BCUT2D eigenvalue weighted by molar-refractivity contribution is 7.85. The second-order valence-electron chi connectivity index (χ2n) is 14.3. The Morgan fingerprint density at radius 1 is 1.09 bits per heavy atom. The van der Waals surface area contributed by atoms with Crippen molar-refractivity contribution in [3.8, 4) is 0 Å². The molecule has 2 unspecified atom stereocenters. The molecule has 0 fully saturated rings. The van der Waals surface area contributed by atoms with Crippen LogP contribution in [0.5, 0.6) is 0 Å². The molecule has 0 bridgehead atoms. The molecule has 2 atom stereocenters. The minimum Gasteiger partial charge on any atom is -0.344 e. The van der Waals surface area contributed by atoms with Crippen LogP contribution >= 0.6 is 11.6 Å². The number of allylic oxidation sites excluding steroid dienone is 10. The number of nitrogens with zero attached hydrogens (tertiary/aromatic N) is 2. The number of hydrogen-bond acceptors (Lipinski definition) is 3. The molecular weight excluding hydrogens is 600 g/mol. The molecule has 1 aromatic carbocycles. The first-order valence-electron chi connectivity index (χ1n) is 16.5. The zero-order valence-electron chi connectivity index (χ0n) is 28.0. The van der Waals surface area contributed by atoms with Gasteiger partial charge in [0, 0.05) is 40.9 Å². The Kier molecular flexibility index (Phi) is 9.62. The van der Waals surface area contributed by atoms with Crippen molar-refractivity contribution in [1.29, 1.82) is 0 Å². The highest BCUT2D eigenvalue weighted by atomic mass is 35.5. The van der Waals surface area contributed by atoms with E-state index in [4.69, 9.17) is 11.6 Å². The fraction of sp³-hybridized carbons (Fsp3) is 0.500. The molecule has 0 saturated heterocycles. The van der Waals surface area contributed by atoms with Crippen LogP contribution in [0.1, 0.15) is 84.8 Å². The quantitative estimate of drug-likeness (QED) is 0.203. The van der Waals surface area contributed by atoms with Crippen LogP contribution in [-0.4, -0.2) is 48.1 Å². The lowest BCUT2D eigenvalue weighted by Gasteiger charge is -2.27. The molecule has 2 aliphatic heterocycles. The molecular formula is C38H50ClN2O3S+. The molecule has 0 radical (unpaired) electrons. The van der Waals surface area contributed by atoms with Gasteiger partial charge in [0.1, 0.15) is 6.54 Å². The molecule has 0 saturated carbocycles. The summed E-state index contributed by atoms with van der Waals surface area (Å²) in [6, 6.07) is 6.98. The van der Waals surface area contributed by atoms with Gasteiger partial charge in [-0.1, -0.05) is 86.4 Å². The normalized spacial score (nSPS) is 25.7. The van der Waals surface area contributed by atoms with Gasteiger partial charge < -0.3 is 4.90 Å². The van der Waals surface area contributed by atoms with E-state index in [1.807, 2.05) is 0 Å². The Bertz CT molecular complexity index is 1680. The van der Waals surface area contributed by atoms with E-state index in [0.717, 1.165) is 48.4 Å². The summed E-state index contributed by atoms with van der Waals surface area (Å²) >= 11 is 7.08. The number of unbranched alkanes of at least 4 members (excludes halogenated alkanes) is 1. The lowest BCUT2D eigenvalue weighted by atomic mass is 9.72. The third-order valence-electron chi connectivity index (χ3n) is 10.2. The van der Waals surface area contributed by atoms with Crippen LogP contribution in [0.25, 0.3) is 0 Å². The Hall–Kier alpha value is -2.67. The molecule has 45 heavy (non-hydrogen) atoms. The molecule has 0 amide bonds. The lowest BCUT2D eigenvalue weighted by molar-refractivity contribution is -0.550. The number of halogens is 1. The molecule has 0 aromatic heterocycles. The van der Waals surface area contributed by atoms with Crippen LogP contribution in [-0.2, 0) is 15.5 Å². The van der Waals surface area contributed by atoms with Crippen molar-refractivity contribution >= 4 is 33.1 Å². The zero-order chi connectivity index (χ0) is 32.7. The van der Waals surface area contributed by atoms with E-state index >= 15 is 0 Å². The van der Waals surface area contributed by atoms with Gasteiger partial charge in [-0.15, -0.1) is 0 Å². The monoisotopic (exact) mass is 649 g/mol. The van der Waals surface area contributed by atoms with Crippen molar-refractivity contribution in [3.05, 3.63) is 99.3 Å². The number of fused-ring (bicyclic) bond motifs is 2. The third-order valence-corrected chi connectivity index (χ3v) is 11.5. The Morgan fingerprint density at radius 2 is 1.84 bits per heavy atom. The maximum absolute atomic E-state index is 11.5. The SMILES string of the molecule is CCCCN1C(=CC=C2CCC(C=CC3=[N+](CCCS(=O)(=O)O)C4C=CC(C)=CC4C3(C)C)=C2Cl)C(C)(C)c2cc(C)ccc21. The summed E-state index contributed by atoms with van der Waals surface area (Å²) < 4.78 is 34.6. The maximum atomic E-state index is 11.5. The van der Waals surface area contributed by atoms with Crippen LogP contribution in [0.2, 0.25) is 0 Å². The summed E-state index contributed by atoms with van der Waals surface area (Å²) in [4.78, 5) is 2.50. The first-order valence-corrected chi connectivity index (χ1v) is 18.5. The van der Waals surface area contributed by atoms with E-state index in [1.54, 1.807) is 0 Å². The van der Waals surface area contributed by atoms with Gasteiger partial charge in [0.15, 0.2) is 11.8 Å². The molecule has 4 aliphatic rings. The fourth-order valence-electron chi connectivity index (χ4n) is 7.65. The summed E-state index contributed by atoms with van der Waals surface area (Å²) in [5.41, 5.74) is 9.79. The van der Waals surface area contributed by atoms with E-state index in [9.17, 15) is 13.0 Å². The van der Waals surface area contributed by atoms with Crippen LogP contribution in [0.3, 0.4) is 0 Å². The van der Waals surface area contributed by atoms with Crippen molar-refractivity contribution in [1.82, 2.24) is 0 Å². The highest BCUT2D eigenvalue weighted by Gasteiger charge is 2.52. The summed E-state index contributed by atoms with van der Waals surface area (Å²) in [5, 5.41) is 0.828. The second kappa shape index (κ2) is 12.8. The molecule has 5 rings (SSSR count). The van der Waals surface area contributed by atoms with Gasteiger partial charge in [-0.05, 0) is 81.9 Å². The van der Waals surface area contributed by atoms with Crippen LogP contribution in [0.15, 0.2) is 88.2 Å². The van der Waals surface area contributed by atoms with Crippen molar-refractivity contribution in [3.63, 3.8) is 0 Å². The fourth-order valence-corrected chi connectivity index (χ4v) is 8.46. The average Bonchev–Trinajstić information content (AvgIpc) is 3.49. The highest BCUT2D eigenvalue weighted by Crippen LogP contribution is 2.49. The predicted octanol–water partition coefficient (Wildman–Crippen LogP) is 8.82. The first kappa shape index (κ1) is 33.7. The van der Waals surface area contributed by atoms with Crippen LogP contribution in [0, 0.1) is 18.3 Å². The van der Waals surface area contributed by atoms with Gasteiger partial charge in [-0.25, -0.2) is 4.58 Å². The summed E-state index contributed by atoms with van der Waals surface area (Å²) in [7, 11) is -4.01. The molecule has 2 aliphatic carbocycles. The molecule has 242 valence electrons. The summed E-state index contributed by atoms with van der Waals surface area (Å²) in [6.07, 6.45) is 20.1. The van der Waals surface area contributed by atoms with Crippen molar-refractivity contribution in [2.75, 3.05) is 23.7 Å². The Labute approximate surface area is 276 Å². The van der Waals surface area contributed by atoms with Gasteiger partial charge in [-0.3, -0.25) is 4.55 Å². The first-order chi connectivity index (χ1) is 21.1. The van der Waals surface area contributed by atoms with E-state index in [2.05, 4.69) is 119 Å². The zero-order valence-corrected chi connectivity index (χ0v) is 29.6. The minimum absolute atomic E-state index is 0.0920. The standard InChI is InChI=1S/C38H49ClN2O3S/c1-8-9-21-40-32-17-11-26(2)24-30(32)37(4,5)34(40)19-15-28-13-14-29(36(28)39)16-20-35-38(6,7)31-25-27(3)12-18-33(31)41(35)22-10-23-45(42,43)44/h11-12,15-20,24-25,31,33H,8-10,13-14,21-23H2,1-7H3/p+1. The van der Waals surface area contributed by atoms with E-state index in [0.29, 0.717) is 13.0 Å². The largest absolute Gasteiger partial charge is 0.344 e. The minimum atomic E-state index is -4.01. The predicted molar refractivity (Wildman–Crippen MR) is 189 cm³/mol. The van der Waals surface area contributed by atoms with Gasteiger partial charge >= 0.3 is 0 Å². The number of aryl methyl sites for hydroxylation is 1.